The van der Waals surface area contributed by atoms with E-state index in [4.69, 9.17) is 4.74 Å². The van der Waals surface area contributed by atoms with Crippen molar-refractivity contribution in [3.8, 4) is 5.75 Å². The van der Waals surface area contributed by atoms with Crippen LogP contribution >= 0.6 is 0 Å². The minimum atomic E-state index is -0.150. The highest BCUT2D eigenvalue weighted by Crippen LogP contribution is 2.21. The molecule has 1 aromatic carbocycles. The van der Waals surface area contributed by atoms with Gasteiger partial charge in [-0.15, -0.1) is 0 Å². The normalized spacial score (nSPS) is 22.1. The molecular formula is C19H33N3O. The minimum Gasteiger partial charge on any atom is -0.488 e. The highest BCUT2D eigenvalue weighted by Gasteiger charge is 2.22. The molecule has 0 aromatic heterocycles. The van der Waals surface area contributed by atoms with Crippen molar-refractivity contribution < 1.29 is 4.74 Å². The first-order chi connectivity index (χ1) is 10.7. The molecular weight excluding hydrogens is 286 g/mol. The van der Waals surface area contributed by atoms with Crippen LogP contribution in [-0.4, -0.2) is 61.7 Å². The lowest BCUT2D eigenvalue weighted by Gasteiger charge is -2.38. The van der Waals surface area contributed by atoms with Crippen molar-refractivity contribution in [1.29, 1.82) is 0 Å². The Balaban J connectivity index is 1.86. The molecule has 1 heterocycles. The second-order valence-corrected chi connectivity index (χ2v) is 7.81. The number of nitrogens with zero attached hydrogens (tertiary/aromatic N) is 2. The van der Waals surface area contributed by atoms with Crippen LogP contribution in [0.15, 0.2) is 24.3 Å². The van der Waals surface area contributed by atoms with E-state index < -0.39 is 0 Å². The Morgan fingerprint density at radius 1 is 1.17 bits per heavy atom. The van der Waals surface area contributed by atoms with Gasteiger partial charge in [0.05, 0.1) is 0 Å². The summed E-state index contributed by atoms with van der Waals surface area (Å²) in [5, 5.41) is 3.68. The zero-order valence-electron chi connectivity index (χ0n) is 15.6. The fourth-order valence-electron chi connectivity index (χ4n) is 2.93. The fraction of sp³-hybridized carbons (Fsp3) is 0.684. The third kappa shape index (κ3) is 5.79. The van der Waals surface area contributed by atoms with Gasteiger partial charge in [0.15, 0.2) is 0 Å². The number of likely N-dealkylation sites (N-methyl/N-ethyl adjacent to an activating group) is 2. The lowest BCUT2D eigenvalue weighted by atomic mass is 10.1. The first kappa shape index (κ1) is 18.2. The predicted octanol–water partition coefficient (Wildman–Crippen LogP) is 2.76. The van der Waals surface area contributed by atoms with Gasteiger partial charge in [-0.2, -0.15) is 0 Å². The Kier molecular flexibility index (Phi) is 6.06. The summed E-state index contributed by atoms with van der Waals surface area (Å²) in [6.45, 7) is 12.9. The first-order valence-corrected chi connectivity index (χ1v) is 8.66. The number of benzene rings is 1. The Hall–Kier alpha value is -1.10. The monoisotopic (exact) mass is 319 g/mol. The van der Waals surface area contributed by atoms with Crippen molar-refractivity contribution in [1.82, 2.24) is 15.1 Å². The van der Waals surface area contributed by atoms with E-state index in [2.05, 4.69) is 81.2 Å². The largest absolute Gasteiger partial charge is 0.488 e. The van der Waals surface area contributed by atoms with Crippen molar-refractivity contribution in [3.63, 3.8) is 0 Å². The van der Waals surface area contributed by atoms with Crippen LogP contribution in [0.2, 0.25) is 0 Å². The Morgan fingerprint density at radius 2 is 1.83 bits per heavy atom. The molecule has 2 rings (SSSR count). The van der Waals surface area contributed by atoms with E-state index in [1.165, 1.54) is 5.56 Å². The summed E-state index contributed by atoms with van der Waals surface area (Å²) in [5.41, 5.74) is 1.15. The van der Waals surface area contributed by atoms with Crippen LogP contribution in [0, 0.1) is 0 Å². The standard InChI is InChI=1S/C19H33N3O/c1-15(20-13-17-14-21(5)11-12-22(17)6)16-7-9-18(10-8-16)23-19(2,3)4/h7-10,15,17,20H,11-14H2,1-6H3/t15-,17+/m0/s1. The highest BCUT2D eigenvalue weighted by molar-refractivity contribution is 5.29. The average molecular weight is 319 g/mol. The summed E-state index contributed by atoms with van der Waals surface area (Å²) in [5.74, 6) is 0.932. The SMILES string of the molecule is C[C@H](NC[C@@H]1CN(C)CCN1C)c1ccc(OC(C)(C)C)cc1. The molecule has 0 saturated carbocycles. The summed E-state index contributed by atoms with van der Waals surface area (Å²) in [4.78, 5) is 4.87. The lowest BCUT2D eigenvalue weighted by molar-refractivity contribution is 0.112. The molecule has 4 heteroatoms. The van der Waals surface area contributed by atoms with Gasteiger partial charge < -0.3 is 15.0 Å². The molecule has 0 unspecified atom stereocenters. The number of hydrogen-bond donors (Lipinski definition) is 1. The van der Waals surface area contributed by atoms with Gasteiger partial charge in [-0.3, -0.25) is 4.90 Å². The summed E-state index contributed by atoms with van der Waals surface area (Å²) in [7, 11) is 4.43. The molecule has 1 aromatic rings. The van der Waals surface area contributed by atoms with E-state index in [9.17, 15) is 0 Å². The number of hydrogen-bond acceptors (Lipinski definition) is 4. The van der Waals surface area contributed by atoms with Crippen LogP contribution in [0.25, 0.3) is 0 Å². The Labute approximate surface area is 141 Å². The Morgan fingerprint density at radius 3 is 2.43 bits per heavy atom. The molecule has 1 aliphatic rings. The molecule has 1 aliphatic heterocycles. The molecule has 4 nitrogen and oxygen atoms in total. The molecule has 0 amide bonds. The summed E-state index contributed by atoms with van der Waals surface area (Å²) < 4.78 is 5.88. The second-order valence-electron chi connectivity index (χ2n) is 7.81. The van der Waals surface area contributed by atoms with Crippen LogP contribution in [0.3, 0.4) is 0 Å². The van der Waals surface area contributed by atoms with Gasteiger partial charge in [-0.1, -0.05) is 12.1 Å². The van der Waals surface area contributed by atoms with Crippen molar-refractivity contribution in [2.45, 2.75) is 45.4 Å². The van der Waals surface area contributed by atoms with E-state index in [1.807, 2.05) is 0 Å². The molecule has 23 heavy (non-hydrogen) atoms. The zero-order valence-corrected chi connectivity index (χ0v) is 15.6. The number of piperazine rings is 1. The molecule has 1 N–H and O–H groups in total. The van der Waals surface area contributed by atoms with Gasteiger partial charge in [0.2, 0.25) is 0 Å². The molecule has 0 bridgehead atoms. The summed E-state index contributed by atoms with van der Waals surface area (Å²) in [6.07, 6.45) is 0. The van der Waals surface area contributed by atoms with E-state index in [1.54, 1.807) is 0 Å². The van der Waals surface area contributed by atoms with Gasteiger partial charge in [0.25, 0.3) is 0 Å². The van der Waals surface area contributed by atoms with E-state index in [0.717, 1.165) is 31.9 Å². The van der Waals surface area contributed by atoms with E-state index in [0.29, 0.717) is 12.1 Å². The average Bonchev–Trinajstić information content (AvgIpc) is 2.47. The van der Waals surface area contributed by atoms with Crippen molar-refractivity contribution in [2.75, 3.05) is 40.3 Å². The Bertz CT molecular complexity index is 480. The number of nitrogens with one attached hydrogen (secondary N) is 1. The molecule has 0 aliphatic carbocycles. The maximum Gasteiger partial charge on any atom is 0.120 e. The highest BCUT2D eigenvalue weighted by atomic mass is 16.5. The molecule has 1 fully saturated rings. The van der Waals surface area contributed by atoms with Gasteiger partial charge in [-0.25, -0.2) is 0 Å². The molecule has 0 spiro atoms. The van der Waals surface area contributed by atoms with Crippen LogP contribution in [-0.2, 0) is 0 Å². The fourth-order valence-corrected chi connectivity index (χ4v) is 2.93. The van der Waals surface area contributed by atoms with Crippen molar-refractivity contribution >= 4 is 0 Å². The van der Waals surface area contributed by atoms with Gasteiger partial charge in [-0.05, 0) is 59.5 Å². The van der Waals surface area contributed by atoms with Crippen LogP contribution in [0.5, 0.6) is 5.75 Å². The van der Waals surface area contributed by atoms with Crippen molar-refractivity contribution in [2.24, 2.45) is 0 Å². The molecule has 130 valence electrons. The first-order valence-electron chi connectivity index (χ1n) is 8.66. The minimum absolute atomic E-state index is 0.150. The van der Waals surface area contributed by atoms with Crippen LogP contribution in [0.1, 0.15) is 39.3 Å². The maximum absolute atomic E-state index is 5.88. The molecule has 2 atom stereocenters. The third-order valence-corrected chi connectivity index (χ3v) is 4.44. The van der Waals surface area contributed by atoms with Gasteiger partial charge in [0.1, 0.15) is 11.4 Å². The van der Waals surface area contributed by atoms with E-state index in [-0.39, 0.29) is 5.60 Å². The topological polar surface area (TPSA) is 27.7 Å². The second kappa shape index (κ2) is 7.65. The number of rotatable bonds is 5. The third-order valence-electron chi connectivity index (χ3n) is 4.44. The maximum atomic E-state index is 5.88. The zero-order chi connectivity index (χ0) is 17.0. The summed E-state index contributed by atoms with van der Waals surface area (Å²) >= 11 is 0. The lowest BCUT2D eigenvalue weighted by Crippen LogP contribution is -2.53. The molecule has 0 radical (unpaired) electrons. The quantitative estimate of drug-likeness (QED) is 0.903. The summed E-state index contributed by atoms with van der Waals surface area (Å²) in [6, 6.07) is 9.39. The van der Waals surface area contributed by atoms with Gasteiger partial charge in [0, 0.05) is 38.3 Å². The van der Waals surface area contributed by atoms with Gasteiger partial charge >= 0.3 is 0 Å². The van der Waals surface area contributed by atoms with Crippen LogP contribution < -0.4 is 10.1 Å². The predicted molar refractivity (Wildman–Crippen MR) is 97.2 cm³/mol. The van der Waals surface area contributed by atoms with Crippen LogP contribution in [0.4, 0.5) is 0 Å². The number of ether oxygens (including phenoxy) is 1. The smallest absolute Gasteiger partial charge is 0.120 e. The van der Waals surface area contributed by atoms with E-state index >= 15 is 0 Å². The molecule has 1 saturated heterocycles. The van der Waals surface area contributed by atoms with Crippen molar-refractivity contribution in [3.05, 3.63) is 29.8 Å².